The zero-order valence-corrected chi connectivity index (χ0v) is 15.0. The number of amides is 1. The monoisotopic (exact) mass is 341 g/mol. The van der Waals surface area contributed by atoms with Crippen LogP contribution >= 0.6 is 0 Å². The highest BCUT2D eigenvalue weighted by Crippen LogP contribution is 2.25. The lowest BCUT2D eigenvalue weighted by Crippen LogP contribution is -2.21. The Morgan fingerprint density at radius 1 is 1.04 bits per heavy atom. The molecular formula is C20H23NO4. The minimum absolute atomic E-state index is 0.102. The third-order valence-corrected chi connectivity index (χ3v) is 3.88. The van der Waals surface area contributed by atoms with E-state index in [1.807, 2.05) is 32.9 Å². The Morgan fingerprint density at radius 2 is 1.76 bits per heavy atom. The van der Waals surface area contributed by atoms with E-state index >= 15 is 0 Å². The number of aryl methyl sites for hydroxylation is 2. The standard InChI is InChI=1S/C20H23NO4/c1-5-24-20(23)16-7-6-8-17(11-16)21-18(22)12-25-19-14(3)10-9-13(2)15(19)4/h6-11H,5,12H2,1-4H3,(H,21,22). The second kappa shape index (κ2) is 8.33. The molecule has 0 fully saturated rings. The molecule has 132 valence electrons. The number of ether oxygens (including phenoxy) is 2. The molecule has 0 unspecified atom stereocenters. The number of esters is 1. The van der Waals surface area contributed by atoms with Gasteiger partial charge in [-0.25, -0.2) is 4.79 Å². The summed E-state index contributed by atoms with van der Waals surface area (Å²) in [6.07, 6.45) is 0. The van der Waals surface area contributed by atoms with Crippen LogP contribution < -0.4 is 10.1 Å². The van der Waals surface area contributed by atoms with Crippen molar-refractivity contribution in [2.24, 2.45) is 0 Å². The van der Waals surface area contributed by atoms with Crippen LogP contribution in [0, 0.1) is 20.8 Å². The third-order valence-electron chi connectivity index (χ3n) is 3.88. The van der Waals surface area contributed by atoms with Crippen LogP contribution in [0.4, 0.5) is 5.69 Å². The van der Waals surface area contributed by atoms with Crippen molar-refractivity contribution in [2.75, 3.05) is 18.5 Å². The van der Waals surface area contributed by atoms with Crippen LogP contribution in [0.5, 0.6) is 5.75 Å². The average Bonchev–Trinajstić information content (AvgIpc) is 2.59. The molecule has 1 amide bonds. The normalized spacial score (nSPS) is 10.2. The van der Waals surface area contributed by atoms with E-state index < -0.39 is 5.97 Å². The molecule has 0 spiro atoms. The lowest BCUT2D eigenvalue weighted by atomic mass is 10.1. The molecular weight excluding hydrogens is 318 g/mol. The van der Waals surface area contributed by atoms with E-state index in [1.54, 1.807) is 31.2 Å². The highest BCUT2D eigenvalue weighted by Gasteiger charge is 2.11. The summed E-state index contributed by atoms with van der Waals surface area (Å²) < 4.78 is 10.6. The predicted molar refractivity (Wildman–Crippen MR) is 97.2 cm³/mol. The van der Waals surface area contributed by atoms with E-state index in [0.717, 1.165) is 22.4 Å². The molecule has 5 nitrogen and oxygen atoms in total. The number of hydrogen-bond donors (Lipinski definition) is 1. The topological polar surface area (TPSA) is 64.6 Å². The van der Waals surface area contributed by atoms with Gasteiger partial charge in [0.2, 0.25) is 0 Å². The van der Waals surface area contributed by atoms with Crippen LogP contribution in [0.2, 0.25) is 0 Å². The Balaban J connectivity index is 2.01. The van der Waals surface area contributed by atoms with Crippen LogP contribution in [0.3, 0.4) is 0 Å². The minimum Gasteiger partial charge on any atom is -0.483 e. The largest absolute Gasteiger partial charge is 0.483 e. The fourth-order valence-electron chi connectivity index (χ4n) is 2.42. The van der Waals surface area contributed by atoms with Crippen LogP contribution in [0.1, 0.15) is 34.0 Å². The summed E-state index contributed by atoms with van der Waals surface area (Å²) >= 11 is 0. The molecule has 0 bridgehead atoms. The zero-order valence-electron chi connectivity index (χ0n) is 15.0. The van der Waals surface area contributed by atoms with Gasteiger partial charge in [0.15, 0.2) is 6.61 Å². The second-order valence-corrected chi connectivity index (χ2v) is 5.79. The van der Waals surface area contributed by atoms with E-state index in [2.05, 4.69) is 5.32 Å². The van der Waals surface area contributed by atoms with E-state index in [0.29, 0.717) is 17.9 Å². The van der Waals surface area contributed by atoms with Crippen LogP contribution in [-0.4, -0.2) is 25.1 Å². The average molecular weight is 341 g/mol. The third kappa shape index (κ3) is 4.83. The molecule has 25 heavy (non-hydrogen) atoms. The fraction of sp³-hybridized carbons (Fsp3) is 0.300. The summed E-state index contributed by atoms with van der Waals surface area (Å²) in [6.45, 7) is 7.87. The molecule has 2 rings (SSSR count). The Kier molecular flexibility index (Phi) is 6.17. The van der Waals surface area contributed by atoms with Crippen LogP contribution in [0.15, 0.2) is 36.4 Å². The maximum atomic E-state index is 12.1. The molecule has 0 aliphatic rings. The van der Waals surface area contributed by atoms with Crippen molar-refractivity contribution >= 4 is 17.6 Å². The van der Waals surface area contributed by atoms with Crippen molar-refractivity contribution in [3.8, 4) is 5.75 Å². The minimum atomic E-state index is -0.416. The molecule has 0 heterocycles. The molecule has 1 N–H and O–H groups in total. The van der Waals surface area contributed by atoms with E-state index in [1.165, 1.54) is 0 Å². The molecule has 5 heteroatoms. The van der Waals surface area contributed by atoms with Crippen molar-refractivity contribution in [3.63, 3.8) is 0 Å². The summed E-state index contributed by atoms with van der Waals surface area (Å²) in [6, 6.07) is 10.6. The number of hydrogen-bond acceptors (Lipinski definition) is 4. The van der Waals surface area contributed by atoms with E-state index in [4.69, 9.17) is 9.47 Å². The summed E-state index contributed by atoms with van der Waals surface area (Å²) in [5.74, 6) is 0.0256. The first-order chi connectivity index (χ1) is 11.9. The van der Waals surface area contributed by atoms with Gasteiger partial charge in [0.05, 0.1) is 12.2 Å². The van der Waals surface area contributed by atoms with Gasteiger partial charge in [0, 0.05) is 5.69 Å². The summed E-state index contributed by atoms with van der Waals surface area (Å²) in [4.78, 5) is 23.9. The highest BCUT2D eigenvalue weighted by molar-refractivity contribution is 5.95. The number of nitrogens with one attached hydrogen (secondary N) is 1. The molecule has 0 aliphatic carbocycles. The van der Waals surface area contributed by atoms with Gasteiger partial charge < -0.3 is 14.8 Å². The number of carbonyl (C=O) groups is 2. The molecule has 0 radical (unpaired) electrons. The zero-order chi connectivity index (χ0) is 18.4. The summed E-state index contributed by atoms with van der Waals surface area (Å²) in [5.41, 5.74) is 4.04. The first kappa shape index (κ1) is 18.5. The summed E-state index contributed by atoms with van der Waals surface area (Å²) in [7, 11) is 0. The lowest BCUT2D eigenvalue weighted by molar-refractivity contribution is -0.118. The Labute approximate surface area is 148 Å². The van der Waals surface area contributed by atoms with Crippen LogP contribution in [0.25, 0.3) is 0 Å². The van der Waals surface area contributed by atoms with Crippen molar-refractivity contribution < 1.29 is 19.1 Å². The second-order valence-electron chi connectivity index (χ2n) is 5.79. The van der Waals surface area contributed by atoms with Crippen LogP contribution in [-0.2, 0) is 9.53 Å². The number of rotatable bonds is 6. The van der Waals surface area contributed by atoms with Gasteiger partial charge >= 0.3 is 5.97 Å². The van der Waals surface area contributed by atoms with Crippen molar-refractivity contribution in [1.29, 1.82) is 0 Å². The smallest absolute Gasteiger partial charge is 0.338 e. The first-order valence-corrected chi connectivity index (χ1v) is 8.19. The van der Waals surface area contributed by atoms with E-state index in [9.17, 15) is 9.59 Å². The molecule has 2 aromatic carbocycles. The predicted octanol–water partition coefficient (Wildman–Crippen LogP) is 3.81. The highest BCUT2D eigenvalue weighted by atomic mass is 16.5. The maximum absolute atomic E-state index is 12.1. The molecule has 0 saturated carbocycles. The van der Waals surface area contributed by atoms with Crippen molar-refractivity contribution in [2.45, 2.75) is 27.7 Å². The number of benzene rings is 2. The van der Waals surface area contributed by atoms with E-state index in [-0.39, 0.29) is 12.5 Å². The molecule has 2 aromatic rings. The van der Waals surface area contributed by atoms with Gasteiger partial charge in [-0.05, 0) is 62.6 Å². The van der Waals surface area contributed by atoms with Gasteiger partial charge in [-0.3, -0.25) is 4.79 Å². The molecule has 0 aromatic heterocycles. The summed E-state index contributed by atoms with van der Waals surface area (Å²) in [5, 5.41) is 2.73. The van der Waals surface area contributed by atoms with Gasteiger partial charge in [-0.2, -0.15) is 0 Å². The number of carbonyl (C=O) groups excluding carboxylic acids is 2. The van der Waals surface area contributed by atoms with Crippen molar-refractivity contribution in [1.82, 2.24) is 0 Å². The van der Waals surface area contributed by atoms with Gasteiger partial charge in [0.25, 0.3) is 5.91 Å². The Hall–Kier alpha value is -2.82. The van der Waals surface area contributed by atoms with Crippen molar-refractivity contribution in [3.05, 3.63) is 58.7 Å². The van der Waals surface area contributed by atoms with Gasteiger partial charge in [-0.1, -0.05) is 18.2 Å². The lowest BCUT2D eigenvalue weighted by Gasteiger charge is -2.14. The van der Waals surface area contributed by atoms with Gasteiger partial charge in [-0.15, -0.1) is 0 Å². The fourth-order valence-corrected chi connectivity index (χ4v) is 2.42. The maximum Gasteiger partial charge on any atom is 0.338 e. The quantitative estimate of drug-likeness (QED) is 0.812. The Morgan fingerprint density at radius 3 is 2.48 bits per heavy atom. The Bertz CT molecular complexity index is 783. The SMILES string of the molecule is CCOC(=O)c1cccc(NC(=O)COc2c(C)ccc(C)c2C)c1. The number of anilines is 1. The molecule has 0 aliphatic heterocycles. The van der Waals surface area contributed by atoms with Gasteiger partial charge in [0.1, 0.15) is 5.75 Å². The molecule has 0 atom stereocenters. The molecule has 0 saturated heterocycles. The first-order valence-electron chi connectivity index (χ1n) is 8.19.